The van der Waals surface area contributed by atoms with Gasteiger partial charge in [-0.2, -0.15) is 0 Å². The second-order valence-corrected chi connectivity index (χ2v) is 6.31. The van der Waals surface area contributed by atoms with Crippen LogP contribution in [0.2, 0.25) is 0 Å². The van der Waals surface area contributed by atoms with Crippen LogP contribution in [0.4, 0.5) is 5.69 Å². The number of hydrogen-bond acceptors (Lipinski definition) is 3. The van der Waals surface area contributed by atoms with Crippen LogP contribution in [0.5, 0.6) is 5.75 Å². The van der Waals surface area contributed by atoms with Crippen LogP contribution in [0.1, 0.15) is 40.0 Å². The summed E-state index contributed by atoms with van der Waals surface area (Å²) in [5, 5.41) is 7.13. The third-order valence-corrected chi connectivity index (χ3v) is 3.63. The van der Waals surface area contributed by atoms with Crippen molar-refractivity contribution in [1.82, 2.24) is 5.32 Å². The van der Waals surface area contributed by atoms with Crippen molar-refractivity contribution in [2.75, 3.05) is 18.5 Å². The molecule has 1 aromatic carbocycles. The topological polar surface area (TPSA) is 33.3 Å². The van der Waals surface area contributed by atoms with Gasteiger partial charge in [-0.3, -0.25) is 0 Å². The van der Waals surface area contributed by atoms with Gasteiger partial charge in [0.05, 0.1) is 6.61 Å². The van der Waals surface area contributed by atoms with Gasteiger partial charge in [0, 0.05) is 23.8 Å². The zero-order valence-electron chi connectivity index (χ0n) is 13.0. The Kier molecular flexibility index (Phi) is 5.72. The summed E-state index contributed by atoms with van der Waals surface area (Å²) in [6, 6.07) is 9.45. The van der Waals surface area contributed by atoms with E-state index in [0.717, 1.165) is 18.0 Å². The molecule has 1 fully saturated rings. The van der Waals surface area contributed by atoms with Crippen LogP contribution >= 0.6 is 0 Å². The minimum absolute atomic E-state index is 0.478. The zero-order valence-corrected chi connectivity index (χ0v) is 13.0. The molecule has 0 radical (unpaired) electrons. The van der Waals surface area contributed by atoms with E-state index in [4.69, 9.17) is 4.74 Å². The van der Waals surface area contributed by atoms with Gasteiger partial charge in [0.15, 0.2) is 0 Å². The average molecular weight is 276 g/mol. The monoisotopic (exact) mass is 276 g/mol. The van der Waals surface area contributed by atoms with Gasteiger partial charge in [-0.15, -0.1) is 0 Å². The molecule has 2 atom stereocenters. The highest BCUT2D eigenvalue weighted by molar-refractivity contribution is 5.48. The van der Waals surface area contributed by atoms with E-state index in [9.17, 15) is 0 Å². The minimum atomic E-state index is 0.478. The zero-order chi connectivity index (χ0) is 14.4. The Morgan fingerprint density at radius 2 is 2.20 bits per heavy atom. The molecule has 0 saturated carbocycles. The van der Waals surface area contributed by atoms with Crippen molar-refractivity contribution >= 4 is 5.69 Å². The molecule has 1 aromatic rings. The molecule has 1 aliphatic heterocycles. The minimum Gasteiger partial charge on any atom is -0.493 e. The van der Waals surface area contributed by atoms with E-state index in [2.05, 4.69) is 49.6 Å². The van der Waals surface area contributed by atoms with E-state index in [1.807, 2.05) is 6.07 Å². The molecule has 2 unspecified atom stereocenters. The Balaban J connectivity index is 1.83. The van der Waals surface area contributed by atoms with E-state index in [-0.39, 0.29) is 0 Å². The fraction of sp³-hybridized carbons (Fsp3) is 0.647. The van der Waals surface area contributed by atoms with Crippen LogP contribution in [-0.4, -0.2) is 25.2 Å². The molecule has 3 nitrogen and oxygen atoms in total. The summed E-state index contributed by atoms with van der Waals surface area (Å²) in [7, 11) is 0. The molecule has 20 heavy (non-hydrogen) atoms. The third kappa shape index (κ3) is 5.04. The predicted molar refractivity (Wildman–Crippen MR) is 85.5 cm³/mol. The molecule has 112 valence electrons. The maximum Gasteiger partial charge on any atom is 0.121 e. The first-order chi connectivity index (χ1) is 9.63. The molecule has 1 aliphatic rings. The standard InChI is InChI=1S/C17H28N2O/c1-13(2)12-20-17-8-4-6-16(11-17)19-14(3)10-15-7-5-9-18-15/h4,6,8,11,13-15,18-19H,5,7,9-10,12H2,1-3H3. The van der Waals surface area contributed by atoms with Crippen molar-refractivity contribution in [1.29, 1.82) is 0 Å². The van der Waals surface area contributed by atoms with Gasteiger partial charge in [-0.1, -0.05) is 19.9 Å². The smallest absolute Gasteiger partial charge is 0.121 e. The first-order valence-electron chi connectivity index (χ1n) is 7.86. The molecular weight excluding hydrogens is 248 g/mol. The molecule has 3 heteroatoms. The second kappa shape index (κ2) is 7.53. The van der Waals surface area contributed by atoms with Crippen LogP contribution in [0.3, 0.4) is 0 Å². The summed E-state index contributed by atoms with van der Waals surface area (Å²) in [5.74, 6) is 1.51. The number of benzene rings is 1. The molecule has 1 saturated heterocycles. The molecule has 1 heterocycles. The Bertz CT molecular complexity index is 400. The van der Waals surface area contributed by atoms with Crippen LogP contribution in [0.25, 0.3) is 0 Å². The van der Waals surface area contributed by atoms with Crippen molar-refractivity contribution in [3.8, 4) is 5.75 Å². The average Bonchev–Trinajstić information content (AvgIpc) is 2.89. The van der Waals surface area contributed by atoms with Crippen molar-refractivity contribution in [3.05, 3.63) is 24.3 Å². The number of anilines is 1. The van der Waals surface area contributed by atoms with Crippen LogP contribution in [0, 0.1) is 5.92 Å². The third-order valence-electron chi connectivity index (χ3n) is 3.63. The fourth-order valence-electron chi connectivity index (χ4n) is 2.67. The lowest BCUT2D eigenvalue weighted by molar-refractivity contribution is 0.271. The number of hydrogen-bond donors (Lipinski definition) is 2. The van der Waals surface area contributed by atoms with Gasteiger partial charge in [0.1, 0.15) is 5.75 Å². The van der Waals surface area contributed by atoms with Gasteiger partial charge in [0.25, 0.3) is 0 Å². The molecule has 0 bridgehead atoms. The SMILES string of the molecule is CC(C)COc1cccc(NC(C)CC2CCCN2)c1. The number of nitrogens with one attached hydrogen (secondary N) is 2. The quantitative estimate of drug-likeness (QED) is 0.797. The summed E-state index contributed by atoms with van der Waals surface area (Å²) in [5.41, 5.74) is 1.15. The fourth-order valence-corrected chi connectivity index (χ4v) is 2.67. The summed E-state index contributed by atoms with van der Waals surface area (Å²) in [4.78, 5) is 0. The predicted octanol–water partition coefficient (Wildman–Crippen LogP) is 3.66. The van der Waals surface area contributed by atoms with Crippen molar-refractivity contribution < 1.29 is 4.74 Å². The number of ether oxygens (including phenoxy) is 1. The molecule has 2 N–H and O–H groups in total. The van der Waals surface area contributed by atoms with Gasteiger partial charge in [-0.25, -0.2) is 0 Å². The van der Waals surface area contributed by atoms with Crippen LogP contribution < -0.4 is 15.4 Å². The molecule has 0 amide bonds. The van der Waals surface area contributed by atoms with Gasteiger partial charge < -0.3 is 15.4 Å². The molecule has 0 aromatic heterocycles. The van der Waals surface area contributed by atoms with E-state index >= 15 is 0 Å². The lowest BCUT2D eigenvalue weighted by atomic mass is 10.1. The Hall–Kier alpha value is -1.22. The van der Waals surface area contributed by atoms with Gasteiger partial charge >= 0.3 is 0 Å². The maximum atomic E-state index is 5.77. The summed E-state index contributed by atoms with van der Waals surface area (Å²) in [6.45, 7) is 8.53. The lowest BCUT2D eigenvalue weighted by Crippen LogP contribution is -2.29. The molecular formula is C17H28N2O. The largest absolute Gasteiger partial charge is 0.493 e. The van der Waals surface area contributed by atoms with Crippen molar-refractivity contribution in [2.24, 2.45) is 5.92 Å². The molecule has 0 spiro atoms. The highest BCUT2D eigenvalue weighted by Gasteiger charge is 2.16. The summed E-state index contributed by atoms with van der Waals surface area (Å²) in [6.07, 6.45) is 3.80. The van der Waals surface area contributed by atoms with Gasteiger partial charge in [-0.05, 0) is 50.8 Å². The maximum absolute atomic E-state index is 5.77. The number of rotatable bonds is 7. The normalized spacial score (nSPS) is 20.1. The Labute approximate surface area is 123 Å². The van der Waals surface area contributed by atoms with E-state index in [1.165, 1.54) is 25.8 Å². The second-order valence-electron chi connectivity index (χ2n) is 6.31. The van der Waals surface area contributed by atoms with Gasteiger partial charge in [0.2, 0.25) is 0 Å². The molecule has 2 rings (SSSR count). The Morgan fingerprint density at radius 3 is 2.90 bits per heavy atom. The highest BCUT2D eigenvalue weighted by atomic mass is 16.5. The van der Waals surface area contributed by atoms with E-state index in [1.54, 1.807) is 0 Å². The summed E-state index contributed by atoms with van der Waals surface area (Å²) < 4.78 is 5.77. The lowest BCUT2D eigenvalue weighted by Gasteiger charge is -2.20. The Morgan fingerprint density at radius 1 is 1.35 bits per heavy atom. The van der Waals surface area contributed by atoms with Crippen LogP contribution in [0.15, 0.2) is 24.3 Å². The van der Waals surface area contributed by atoms with Crippen LogP contribution in [-0.2, 0) is 0 Å². The highest BCUT2D eigenvalue weighted by Crippen LogP contribution is 2.20. The van der Waals surface area contributed by atoms with Crippen molar-refractivity contribution in [2.45, 2.75) is 52.1 Å². The van der Waals surface area contributed by atoms with E-state index in [0.29, 0.717) is 18.0 Å². The van der Waals surface area contributed by atoms with Crippen molar-refractivity contribution in [3.63, 3.8) is 0 Å². The first kappa shape index (κ1) is 15.2. The van der Waals surface area contributed by atoms with E-state index < -0.39 is 0 Å². The molecule has 0 aliphatic carbocycles. The first-order valence-corrected chi connectivity index (χ1v) is 7.86. The summed E-state index contributed by atoms with van der Waals surface area (Å²) >= 11 is 0.